The van der Waals surface area contributed by atoms with E-state index in [0.29, 0.717) is 6.04 Å². The first-order valence-electron chi connectivity index (χ1n) is 7.91. The fourth-order valence-corrected chi connectivity index (χ4v) is 3.11. The molecular formula is C17H26N2O2. The van der Waals surface area contributed by atoms with Crippen LogP contribution < -0.4 is 0 Å². The highest BCUT2D eigenvalue weighted by molar-refractivity contribution is 5.69. The highest BCUT2D eigenvalue weighted by atomic mass is 16.4. The number of aliphatic carboxylic acids is 1. The molecule has 116 valence electrons. The molecule has 0 aromatic heterocycles. The Morgan fingerprint density at radius 1 is 1.29 bits per heavy atom. The van der Waals surface area contributed by atoms with Gasteiger partial charge in [0, 0.05) is 12.6 Å². The van der Waals surface area contributed by atoms with Gasteiger partial charge in [-0.25, -0.2) is 0 Å². The summed E-state index contributed by atoms with van der Waals surface area (Å²) in [6.45, 7) is 6.29. The van der Waals surface area contributed by atoms with Crippen molar-refractivity contribution in [2.45, 2.75) is 32.2 Å². The number of hydrogen-bond donors (Lipinski definition) is 1. The molecule has 1 aromatic carbocycles. The molecule has 1 saturated heterocycles. The van der Waals surface area contributed by atoms with Gasteiger partial charge in [-0.15, -0.1) is 0 Å². The Labute approximate surface area is 127 Å². The zero-order chi connectivity index (χ0) is 15.1. The molecule has 4 nitrogen and oxygen atoms in total. The lowest BCUT2D eigenvalue weighted by atomic mass is 10.0. The molecule has 1 aliphatic rings. The van der Waals surface area contributed by atoms with E-state index in [1.807, 2.05) is 6.92 Å². The van der Waals surface area contributed by atoms with E-state index < -0.39 is 5.97 Å². The van der Waals surface area contributed by atoms with Crippen molar-refractivity contribution >= 4 is 5.97 Å². The molecule has 0 amide bonds. The monoisotopic (exact) mass is 290 g/mol. The Hall–Kier alpha value is -1.39. The average Bonchev–Trinajstić information content (AvgIpc) is 2.52. The Morgan fingerprint density at radius 3 is 2.52 bits per heavy atom. The minimum atomic E-state index is -0.719. The molecule has 1 fully saturated rings. The van der Waals surface area contributed by atoms with E-state index in [4.69, 9.17) is 5.11 Å². The number of benzene rings is 1. The lowest BCUT2D eigenvalue weighted by Crippen LogP contribution is -2.46. The van der Waals surface area contributed by atoms with E-state index >= 15 is 0 Å². The van der Waals surface area contributed by atoms with Crippen molar-refractivity contribution in [1.29, 1.82) is 0 Å². The SMILES string of the molecule is CCN(CC(=O)O)C1CCN(CCc2ccccc2)CC1. The number of likely N-dealkylation sites (tertiary alicyclic amines) is 1. The first-order chi connectivity index (χ1) is 10.2. The number of likely N-dealkylation sites (N-methyl/N-ethyl adjacent to an activating group) is 1. The van der Waals surface area contributed by atoms with E-state index in [1.165, 1.54) is 5.56 Å². The molecule has 1 heterocycles. The van der Waals surface area contributed by atoms with Crippen molar-refractivity contribution in [1.82, 2.24) is 9.80 Å². The molecule has 4 heteroatoms. The number of hydrogen-bond acceptors (Lipinski definition) is 3. The Balaban J connectivity index is 1.73. The molecule has 1 N–H and O–H groups in total. The molecule has 0 saturated carbocycles. The molecule has 1 aliphatic heterocycles. The van der Waals surface area contributed by atoms with Crippen LogP contribution in [-0.2, 0) is 11.2 Å². The minimum absolute atomic E-state index is 0.172. The minimum Gasteiger partial charge on any atom is -0.480 e. The molecule has 1 aromatic rings. The predicted molar refractivity (Wildman–Crippen MR) is 84.5 cm³/mol. The van der Waals surface area contributed by atoms with Crippen LogP contribution in [0.5, 0.6) is 0 Å². The Kier molecular flexibility index (Phi) is 6.21. The lowest BCUT2D eigenvalue weighted by molar-refractivity contribution is -0.139. The second kappa shape index (κ2) is 8.15. The van der Waals surface area contributed by atoms with Crippen molar-refractivity contribution in [2.24, 2.45) is 0 Å². The Morgan fingerprint density at radius 2 is 1.95 bits per heavy atom. The van der Waals surface area contributed by atoms with Crippen LogP contribution in [-0.4, -0.2) is 59.6 Å². The molecule has 21 heavy (non-hydrogen) atoms. The van der Waals surface area contributed by atoms with Crippen LogP contribution in [0.3, 0.4) is 0 Å². The molecule has 0 spiro atoms. The predicted octanol–water partition coefficient (Wildman–Crippen LogP) is 2.10. The first kappa shape index (κ1) is 16.0. The topological polar surface area (TPSA) is 43.8 Å². The summed E-state index contributed by atoms with van der Waals surface area (Å²) in [5.41, 5.74) is 1.39. The van der Waals surface area contributed by atoms with E-state index in [1.54, 1.807) is 0 Å². The highest BCUT2D eigenvalue weighted by Gasteiger charge is 2.24. The molecule has 0 bridgehead atoms. The molecule has 2 rings (SSSR count). The second-order valence-corrected chi connectivity index (χ2v) is 5.77. The zero-order valence-electron chi connectivity index (χ0n) is 12.9. The van der Waals surface area contributed by atoms with Crippen LogP contribution in [0, 0.1) is 0 Å². The van der Waals surface area contributed by atoms with Crippen molar-refractivity contribution in [2.75, 3.05) is 32.7 Å². The first-order valence-corrected chi connectivity index (χ1v) is 7.91. The van der Waals surface area contributed by atoms with Crippen LogP contribution in [0.15, 0.2) is 30.3 Å². The second-order valence-electron chi connectivity index (χ2n) is 5.77. The quantitative estimate of drug-likeness (QED) is 0.835. The third kappa shape index (κ3) is 5.14. The maximum atomic E-state index is 10.9. The lowest BCUT2D eigenvalue weighted by Gasteiger charge is -2.37. The van der Waals surface area contributed by atoms with Gasteiger partial charge in [-0.3, -0.25) is 9.69 Å². The average molecular weight is 290 g/mol. The van der Waals surface area contributed by atoms with Gasteiger partial charge in [0.15, 0.2) is 0 Å². The van der Waals surface area contributed by atoms with Crippen LogP contribution in [0.2, 0.25) is 0 Å². The van der Waals surface area contributed by atoms with Gasteiger partial charge < -0.3 is 10.0 Å². The van der Waals surface area contributed by atoms with E-state index in [2.05, 4.69) is 40.1 Å². The van der Waals surface area contributed by atoms with Gasteiger partial charge in [-0.05, 0) is 44.5 Å². The summed E-state index contributed by atoms with van der Waals surface area (Å²) in [7, 11) is 0. The molecule has 0 aliphatic carbocycles. The van der Waals surface area contributed by atoms with Crippen molar-refractivity contribution < 1.29 is 9.90 Å². The number of nitrogens with zero attached hydrogens (tertiary/aromatic N) is 2. The molecule has 0 atom stereocenters. The van der Waals surface area contributed by atoms with Crippen LogP contribution >= 0.6 is 0 Å². The van der Waals surface area contributed by atoms with E-state index in [-0.39, 0.29) is 6.54 Å². The number of carboxylic acid groups (broad SMARTS) is 1. The maximum Gasteiger partial charge on any atom is 0.317 e. The summed E-state index contributed by atoms with van der Waals surface area (Å²) >= 11 is 0. The van der Waals surface area contributed by atoms with Crippen molar-refractivity contribution in [3.63, 3.8) is 0 Å². The van der Waals surface area contributed by atoms with Crippen LogP contribution in [0.4, 0.5) is 0 Å². The smallest absolute Gasteiger partial charge is 0.317 e. The van der Waals surface area contributed by atoms with Gasteiger partial charge in [0.2, 0.25) is 0 Å². The van der Waals surface area contributed by atoms with Gasteiger partial charge in [0.1, 0.15) is 0 Å². The summed E-state index contributed by atoms with van der Waals surface area (Å²) in [4.78, 5) is 15.5. The van der Waals surface area contributed by atoms with Crippen molar-refractivity contribution in [3.05, 3.63) is 35.9 Å². The van der Waals surface area contributed by atoms with Gasteiger partial charge in [-0.1, -0.05) is 37.3 Å². The largest absolute Gasteiger partial charge is 0.480 e. The Bertz CT molecular complexity index is 428. The fourth-order valence-electron chi connectivity index (χ4n) is 3.11. The summed E-state index contributed by atoms with van der Waals surface area (Å²) in [5.74, 6) is -0.719. The summed E-state index contributed by atoms with van der Waals surface area (Å²) < 4.78 is 0. The standard InChI is InChI=1S/C17H26N2O2/c1-2-19(14-17(20)21)16-9-12-18(13-10-16)11-8-15-6-4-3-5-7-15/h3-7,16H,2,8-14H2,1H3,(H,20,21). The van der Waals surface area contributed by atoms with Gasteiger partial charge in [-0.2, -0.15) is 0 Å². The van der Waals surface area contributed by atoms with Crippen LogP contribution in [0.25, 0.3) is 0 Å². The zero-order valence-corrected chi connectivity index (χ0v) is 12.9. The number of carbonyl (C=O) groups is 1. The summed E-state index contributed by atoms with van der Waals surface area (Å²) in [6, 6.07) is 11.0. The van der Waals surface area contributed by atoms with Gasteiger partial charge >= 0.3 is 5.97 Å². The van der Waals surface area contributed by atoms with Crippen molar-refractivity contribution in [3.8, 4) is 0 Å². The summed E-state index contributed by atoms with van der Waals surface area (Å²) in [5, 5.41) is 8.96. The molecular weight excluding hydrogens is 264 g/mol. The molecule has 0 radical (unpaired) electrons. The fraction of sp³-hybridized carbons (Fsp3) is 0.588. The third-order valence-corrected chi connectivity index (χ3v) is 4.38. The van der Waals surface area contributed by atoms with E-state index in [0.717, 1.165) is 45.4 Å². The van der Waals surface area contributed by atoms with Gasteiger partial charge in [0.25, 0.3) is 0 Å². The number of rotatable bonds is 7. The number of carboxylic acids is 1. The number of piperidine rings is 1. The highest BCUT2D eigenvalue weighted by Crippen LogP contribution is 2.16. The third-order valence-electron chi connectivity index (χ3n) is 4.38. The summed E-state index contributed by atoms with van der Waals surface area (Å²) in [6.07, 6.45) is 3.25. The normalized spacial score (nSPS) is 17.2. The maximum absolute atomic E-state index is 10.9. The van der Waals surface area contributed by atoms with Gasteiger partial charge in [0.05, 0.1) is 6.54 Å². The van der Waals surface area contributed by atoms with E-state index in [9.17, 15) is 4.79 Å². The molecule has 0 unspecified atom stereocenters. The van der Waals surface area contributed by atoms with Crippen LogP contribution in [0.1, 0.15) is 25.3 Å².